The molecule has 0 aliphatic carbocycles. The van der Waals surface area contributed by atoms with Crippen LogP contribution in [0.3, 0.4) is 0 Å². The highest BCUT2D eigenvalue weighted by molar-refractivity contribution is 6.13. The molecule has 0 atom stereocenters. The smallest absolute Gasteiger partial charge is 0.245 e. The zero-order chi connectivity index (χ0) is 12.5. The Balaban J connectivity index is 2.54. The average Bonchev–Trinajstić information content (AvgIpc) is 2.78. The van der Waals surface area contributed by atoms with Gasteiger partial charge in [0.05, 0.1) is 5.39 Å². The topological polar surface area (TPSA) is 37.9 Å². The van der Waals surface area contributed by atoms with Gasteiger partial charge in [-0.25, -0.2) is 4.99 Å². The largest absolute Gasteiger partial charge is 0.436 e. The van der Waals surface area contributed by atoms with Crippen LogP contribution in [0, 0.1) is 0 Å². The maximum absolute atomic E-state index is 5.67. The number of hydrogen-bond acceptors (Lipinski definition) is 3. The zero-order valence-electron chi connectivity index (χ0n) is 10.1. The first-order valence-corrected chi connectivity index (χ1v) is 5.75. The molecule has 0 saturated heterocycles. The highest BCUT2D eigenvalue weighted by atomic mass is 16.3. The van der Waals surface area contributed by atoms with Crippen LogP contribution in [-0.2, 0) is 0 Å². The van der Waals surface area contributed by atoms with Crippen molar-refractivity contribution in [2.75, 3.05) is 0 Å². The minimum Gasteiger partial charge on any atom is -0.436 e. The van der Waals surface area contributed by atoms with Crippen LogP contribution in [0.15, 0.2) is 50.8 Å². The van der Waals surface area contributed by atoms with Gasteiger partial charge in [0, 0.05) is 6.21 Å². The minimum atomic E-state index is 0.472. The molecule has 3 rings (SSSR count). The summed E-state index contributed by atoms with van der Waals surface area (Å²) < 4.78 is 5.67. The van der Waals surface area contributed by atoms with Gasteiger partial charge in [0.2, 0.25) is 5.88 Å². The number of nitrogens with zero attached hydrogens (tertiary/aromatic N) is 2. The van der Waals surface area contributed by atoms with E-state index in [0.29, 0.717) is 5.88 Å². The number of furan rings is 1. The van der Waals surface area contributed by atoms with Gasteiger partial charge in [0.25, 0.3) is 0 Å². The van der Waals surface area contributed by atoms with Crippen molar-refractivity contribution in [1.29, 1.82) is 0 Å². The van der Waals surface area contributed by atoms with E-state index >= 15 is 0 Å². The Morgan fingerprint density at radius 1 is 1.17 bits per heavy atom. The molecule has 0 N–H and O–H groups in total. The Kier molecular flexibility index (Phi) is 2.45. The fraction of sp³-hybridized carbons (Fsp3) is 0.0667. The summed E-state index contributed by atoms with van der Waals surface area (Å²) in [7, 11) is 0. The lowest BCUT2D eigenvalue weighted by atomic mass is 10.1. The lowest BCUT2D eigenvalue weighted by Crippen LogP contribution is -1.73. The molecule has 0 radical (unpaired) electrons. The van der Waals surface area contributed by atoms with Crippen molar-refractivity contribution in [2.24, 2.45) is 9.98 Å². The normalized spacial score (nSPS) is 11.6. The Hall–Kier alpha value is -2.42. The molecule has 0 saturated carbocycles. The van der Waals surface area contributed by atoms with Crippen molar-refractivity contribution in [3.8, 4) is 0 Å². The first-order chi connectivity index (χ1) is 8.85. The van der Waals surface area contributed by atoms with Gasteiger partial charge in [0.1, 0.15) is 11.3 Å². The Bertz CT molecular complexity index is 769. The van der Waals surface area contributed by atoms with Crippen LogP contribution in [0.5, 0.6) is 0 Å². The average molecular weight is 236 g/mol. The second kappa shape index (κ2) is 4.11. The Labute approximate surface area is 104 Å². The monoisotopic (exact) mass is 236 g/mol. The second-order valence-corrected chi connectivity index (χ2v) is 3.96. The highest BCUT2D eigenvalue weighted by Gasteiger charge is 2.14. The van der Waals surface area contributed by atoms with Crippen molar-refractivity contribution < 1.29 is 4.42 Å². The van der Waals surface area contributed by atoms with Crippen molar-refractivity contribution in [1.82, 2.24) is 0 Å². The third-order valence-electron chi connectivity index (χ3n) is 2.94. The molecule has 2 aromatic carbocycles. The Morgan fingerprint density at radius 2 is 2.00 bits per heavy atom. The van der Waals surface area contributed by atoms with E-state index in [1.165, 1.54) is 0 Å². The number of rotatable bonds is 2. The van der Waals surface area contributed by atoms with Gasteiger partial charge in [-0.1, -0.05) is 30.3 Å². The summed E-state index contributed by atoms with van der Waals surface area (Å²) in [6.07, 6.45) is 1.74. The summed E-state index contributed by atoms with van der Waals surface area (Å²) in [5.41, 5.74) is 1.54. The van der Waals surface area contributed by atoms with E-state index in [9.17, 15) is 0 Å². The first-order valence-electron chi connectivity index (χ1n) is 5.75. The molecule has 0 aliphatic heterocycles. The fourth-order valence-corrected chi connectivity index (χ4v) is 2.20. The highest BCUT2D eigenvalue weighted by Crippen LogP contribution is 2.42. The number of benzene rings is 2. The van der Waals surface area contributed by atoms with E-state index in [1.54, 1.807) is 6.21 Å². The molecule has 3 nitrogen and oxygen atoms in total. The van der Waals surface area contributed by atoms with Gasteiger partial charge in [-0.2, -0.15) is 0 Å². The summed E-state index contributed by atoms with van der Waals surface area (Å²) in [5, 5.41) is 3.27. The van der Waals surface area contributed by atoms with Gasteiger partial charge < -0.3 is 4.42 Å². The van der Waals surface area contributed by atoms with E-state index in [4.69, 9.17) is 4.42 Å². The summed E-state index contributed by atoms with van der Waals surface area (Å²) in [5.74, 6) is 0.472. The van der Waals surface area contributed by atoms with Gasteiger partial charge in [-0.15, -0.1) is 0 Å². The van der Waals surface area contributed by atoms with Crippen molar-refractivity contribution in [2.45, 2.75) is 6.92 Å². The quantitative estimate of drug-likeness (QED) is 0.597. The van der Waals surface area contributed by atoms with Crippen molar-refractivity contribution in [3.63, 3.8) is 0 Å². The van der Waals surface area contributed by atoms with Crippen molar-refractivity contribution >= 4 is 46.2 Å². The molecular formula is C15H12N2O. The molecule has 0 amide bonds. The lowest BCUT2D eigenvalue weighted by Gasteiger charge is -1.98. The third-order valence-corrected chi connectivity index (χ3v) is 2.94. The van der Waals surface area contributed by atoms with Crippen LogP contribution < -0.4 is 0 Å². The summed E-state index contributed by atoms with van der Waals surface area (Å²) >= 11 is 0. The molecule has 1 heterocycles. The van der Waals surface area contributed by atoms with Crippen LogP contribution in [0.2, 0.25) is 0 Å². The molecule has 3 aromatic rings. The molecule has 88 valence electrons. The molecule has 0 unspecified atom stereocenters. The summed E-state index contributed by atoms with van der Waals surface area (Å²) in [4.78, 5) is 8.27. The number of aliphatic imine (C=N–C) groups is 2. The molecule has 0 aliphatic rings. The van der Waals surface area contributed by atoms with Crippen LogP contribution in [0.1, 0.15) is 6.92 Å². The molecule has 0 fully saturated rings. The van der Waals surface area contributed by atoms with E-state index < -0.39 is 0 Å². The maximum Gasteiger partial charge on any atom is 0.245 e. The number of hydrogen-bond donors (Lipinski definition) is 0. The third kappa shape index (κ3) is 1.44. The summed E-state index contributed by atoms with van der Waals surface area (Å²) in [6, 6.07) is 12.1. The summed E-state index contributed by atoms with van der Waals surface area (Å²) in [6.45, 7) is 5.40. The van der Waals surface area contributed by atoms with Crippen LogP contribution in [-0.4, -0.2) is 12.9 Å². The predicted molar refractivity (Wildman–Crippen MR) is 76.8 cm³/mol. The lowest BCUT2D eigenvalue weighted by molar-refractivity contribution is 0.627. The van der Waals surface area contributed by atoms with Crippen LogP contribution in [0.25, 0.3) is 21.7 Å². The van der Waals surface area contributed by atoms with E-state index in [2.05, 4.69) is 28.8 Å². The molecular weight excluding hydrogens is 224 g/mol. The van der Waals surface area contributed by atoms with Gasteiger partial charge in [-0.05, 0) is 30.5 Å². The first kappa shape index (κ1) is 10.7. The van der Waals surface area contributed by atoms with E-state index in [0.717, 1.165) is 27.4 Å². The molecule has 1 aromatic heterocycles. The van der Waals surface area contributed by atoms with Crippen molar-refractivity contribution in [3.05, 3.63) is 36.4 Å². The van der Waals surface area contributed by atoms with E-state index in [1.807, 2.05) is 31.2 Å². The maximum atomic E-state index is 5.67. The van der Waals surface area contributed by atoms with E-state index in [-0.39, 0.29) is 0 Å². The molecule has 0 bridgehead atoms. The van der Waals surface area contributed by atoms with Gasteiger partial charge in [0.15, 0.2) is 0 Å². The predicted octanol–water partition coefficient (Wildman–Crippen LogP) is 4.64. The SMILES string of the molecule is C=Nc1oc2ccc3ccccc3c2c1/N=C\C. The van der Waals surface area contributed by atoms with Crippen LogP contribution >= 0.6 is 0 Å². The minimum absolute atomic E-state index is 0.472. The standard InChI is InChI=1S/C15H12N2O/c1-3-17-14-13-11-7-5-4-6-10(11)8-9-12(13)18-15(14)16-2/h3-9H,2H2,1H3/b17-3-. The van der Waals surface area contributed by atoms with Gasteiger partial charge >= 0.3 is 0 Å². The Morgan fingerprint density at radius 3 is 2.78 bits per heavy atom. The molecule has 3 heteroatoms. The van der Waals surface area contributed by atoms with Crippen LogP contribution in [0.4, 0.5) is 11.6 Å². The molecule has 0 spiro atoms. The number of fused-ring (bicyclic) bond motifs is 3. The zero-order valence-corrected chi connectivity index (χ0v) is 10.1. The fourth-order valence-electron chi connectivity index (χ4n) is 2.20. The van der Waals surface area contributed by atoms with Gasteiger partial charge in [-0.3, -0.25) is 4.99 Å². The molecule has 18 heavy (non-hydrogen) atoms. The second-order valence-electron chi connectivity index (χ2n) is 3.96.